The molecule has 1 aromatic heterocycles. The monoisotopic (exact) mass is 308 g/mol. The Kier molecular flexibility index (Phi) is 4.33. The fourth-order valence-corrected chi connectivity index (χ4v) is 2.48. The van der Waals surface area contributed by atoms with Gasteiger partial charge in [-0.1, -0.05) is 24.3 Å². The van der Waals surface area contributed by atoms with Gasteiger partial charge in [-0.25, -0.2) is 0 Å². The van der Waals surface area contributed by atoms with Crippen LogP contribution in [0.15, 0.2) is 48.7 Å². The molecule has 0 atom stereocenters. The van der Waals surface area contributed by atoms with Gasteiger partial charge in [0, 0.05) is 23.6 Å². The van der Waals surface area contributed by atoms with E-state index in [9.17, 15) is 4.79 Å². The van der Waals surface area contributed by atoms with E-state index >= 15 is 0 Å². The molecule has 0 spiro atoms. The molecule has 0 bridgehead atoms. The summed E-state index contributed by atoms with van der Waals surface area (Å²) in [5.41, 5.74) is 4.51. The highest BCUT2D eigenvalue weighted by atomic mass is 16.5. The first-order chi connectivity index (χ1) is 11.1. The Morgan fingerprint density at radius 3 is 2.78 bits per heavy atom. The molecule has 0 saturated heterocycles. The number of hydrogen-bond donors (Lipinski definition) is 2. The predicted octanol–water partition coefficient (Wildman–Crippen LogP) is 3.48. The Hall–Kier alpha value is -2.75. The second-order valence-electron chi connectivity index (χ2n) is 5.67. The zero-order valence-corrected chi connectivity index (χ0v) is 13.3. The first kappa shape index (κ1) is 15.2. The highest BCUT2D eigenvalue weighted by Crippen LogP contribution is 2.18. The van der Waals surface area contributed by atoms with Crippen LogP contribution in [0, 0.1) is 13.8 Å². The van der Waals surface area contributed by atoms with Crippen LogP contribution >= 0.6 is 0 Å². The topological polar surface area (TPSA) is 54.1 Å². The van der Waals surface area contributed by atoms with Crippen molar-refractivity contribution < 1.29 is 9.53 Å². The van der Waals surface area contributed by atoms with Gasteiger partial charge in [0.15, 0.2) is 6.61 Å². The average molecular weight is 308 g/mol. The van der Waals surface area contributed by atoms with Crippen LogP contribution in [0.2, 0.25) is 0 Å². The van der Waals surface area contributed by atoms with E-state index < -0.39 is 0 Å². The summed E-state index contributed by atoms with van der Waals surface area (Å²) in [6, 6.07) is 13.9. The van der Waals surface area contributed by atoms with Crippen molar-refractivity contribution in [2.75, 3.05) is 6.61 Å². The number of carbonyl (C=O) groups excluding carboxylic acids is 1. The van der Waals surface area contributed by atoms with Gasteiger partial charge in [-0.3, -0.25) is 4.79 Å². The molecule has 2 N–H and O–H groups in total. The molecule has 0 radical (unpaired) electrons. The van der Waals surface area contributed by atoms with E-state index in [4.69, 9.17) is 4.74 Å². The van der Waals surface area contributed by atoms with Gasteiger partial charge in [0.25, 0.3) is 5.91 Å². The molecule has 0 aliphatic carbocycles. The number of H-pyrrole nitrogens is 1. The van der Waals surface area contributed by atoms with Crippen LogP contribution in [0.25, 0.3) is 10.9 Å². The zero-order chi connectivity index (χ0) is 16.2. The van der Waals surface area contributed by atoms with Crippen LogP contribution in [0.1, 0.15) is 16.7 Å². The van der Waals surface area contributed by atoms with Crippen molar-refractivity contribution >= 4 is 16.8 Å². The predicted molar refractivity (Wildman–Crippen MR) is 91.6 cm³/mol. The number of fused-ring (bicyclic) bond motifs is 1. The van der Waals surface area contributed by atoms with Crippen molar-refractivity contribution in [3.63, 3.8) is 0 Å². The molecule has 0 saturated carbocycles. The maximum Gasteiger partial charge on any atom is 0.258 e. The fraction of sp³-hybridized carbons (Fsp3) is 0.211. The molecule has 2 aromatic carbocycles. The lowest BCUT2D eigenvalue weighted by atomic mass is 10.1. The summed E-state index contributed by atoms with van der Waals surface area (Å²) in [5.74, 6) is 0.587. The van der Waals surface area contributed by atoms with Crippen molar-refractivity contribution in [3.05, 3.63) is 65.4 Å². The van der Waals surface area contributed by atoms with E-state index in [1.54, 1.807) is 0 Å². The molecule has 4 heteroatoms. The lowest BCUT2D eigenvalue weighted by Crippen LogP contribution is -2.28. The number of ether oxygens (including phenoxy) is 1. The third-order valence-corrected chi connectivity index (χ3v) is 4.00. The molecule has 1 heterocycles. The Morgan fingerprint density at radius 2 is 1.96 bits per heavy atom. The smallest absolute Gasteiger partial charge is 0.258 e. The molecule has 3 rings (SSSR count). The van der Waals surface area contributed by atoms with E-state index in [0.29, 0.717) is 6.54 Å². The summed E-state index contributed by atoms with van der Waals surface area (Å²) in [5, 5.41) is 4.02. The van der Waals surface area contributed by atoms with Crippen LogP contribution in [0.3, 0.4) is 0 Å². The molecule has 118 valence electrons. The molecular formula is C19H20N2O2. The number of carbonyl (C=O) groups is 1. The summed E-state index contributed by atoms with van der Waals surface area (Å²) in [6.07, 6.45) is 1.93. The van der Waals surface area contributed by atoms with Crippen molar-refractivity contribution in [3.8, 4) is 5.75 Å². The lowest BCUT2D eigenvalue weighted by molar-refractivity contribution is -0.123. The fourth-order valence-electron chi connectivity index (χ4n) is 2.48. The molecule has 0 aliphatic rings. The molecular weight excluding hydrogens is 288 g/mol. The number of aryl methyl sites for hydroxylation is 2. The van der Waals surface area contributed by atoms with Crippen molar-refractivity contribution in [1.82, 2.24) is 10.3 Å². The van der Waals surface area contributed by atoms with Gasteiger partial charge in [0.2, 0.25) is 0 Å². The van der Waals surface area contributed by atoms with E-state index in [1.165, 1.54) is 5.56 Å². The van der Waals surface area contributed by atoms with E-state index in [0.717, 1.165) is 27.8 Å². The quantitative estimate of drug-likeness (QED) is 0.758. The van der Waals surface area contributed by atoms with Crippen LogP contribution in [0.4, 0.5) is 0 Å². The Labute approximate surface area is 135 Å². The minimum Gasteiger partial charge on any atom is -0.484 e. The highest BCUT2D eigenvalue weighted by molar-refractivity contribution is 5.84. The van der Waals surface area contributed by atoms with Gasteiger partial charge in [-0.2, -0.15) is 0 Å². The molecule has 23 heavy (non-hydrogen) atoms. The largest absolute Gasteiger partial charge is 0.484 e. The summed E-state index contributed by atoms with van der Waals surface area (Å²) in [4.78, 5) is 15.2. The maximum absolute atomic E-state index is 12.0. The number of rotatable bonds is 5. The van der Waals surface area contributed by atoms with Crippen LogP contribution < -0.4 is 10.1 Å². The molecule has 4 nitrogen and oxygen atoms in total. The summed E-state index contributed by atoms with van der Waals surface area (Å²) < 4.78 is 5.54. The number of para-hydroxylation sites is 1. The Bertz CT molecular complexity index is 836. The number of aromatic amines is 1. The van der Waals surface area contributed by atoms with Crippen molar-refractivity contribution in [1.29, 1.82) is 0 Å². The molecule has 0 aliphatic heterocycles. The van der Waals surface area contributed by atoms with Crippen LogP contribution in [-0.4, -0.2) is 17.5 Å². The van der Waals surface area contributed by atoms with Crippen LogP contribution in [0.5, 0.6) is 5.75 Å². The number of nitrogens with one attached hydrogen (secondary N) is 2. The number of amides is 1. The molecule has 0 unspecified atom stereocenters. The minimum absolute atomic E-state index is 0.0187. The minimum atomic E-state index is -0.131. The lowest BCUT2D eigenvalue weighted by Gasteiger charge is -2.09. The second kappa shape index (κ2) is 6.57. The number of benzene rings is 2. The van der Waals surface area contributed by atoms with E-state index in [1.807, 2.05) is 62.5 Å². The van der Waals surface area contributed by atoms with Crippen molar-refractivity contribution in [2.24, 2.45) is 0 Å². The first-order valence-electron chi connectivity index (χ1n) is 7.65. The van der Waals surface area contributed by atoms with E-state index in [2.05, 4.69) is 10.3 Å². The number of aromatic nitrogens is 1. The SMILES string of the molecule is Cc1ccc(OCC(=O)NCc2c[nH]c3ccccc23)cc1C. The highest BCUT2D eigenvalue weighted by Gasteiger charge is 2.06. The summed E-state index contributed by atoms with van der Waals surface area (Å²) in [7, 11) is 0. The van der Waals surface area contributed by atoms with Gasteiger partial charge in [0.05, 0.1) is 0 Å². The normalized spacial score (nSPS) is 10.7. The van der Waals surface area contributed by atoms with Gasteiger partial charge >= 0.3 is 0 Å². The van der Waals surface area contributed by atoms with Crippen LogP contribution in [-0.2, 0) is 11.3 Å². The maximum atomic E-state index is 12.0. The van der Waals surface area contributed by atoms with Gasteiger partial charge in [-0.15, -0.1) is 0 Å². The summed E-state index contributed by atoms with van der Waals surface area (Å²) >= 11 is 0. The first-order valence-corrected chi connectivity index (χ1v) is 7.65. The second-order valence-corrected chi connectivity index (χ2v) is 5.67. The van der Waals surface area contributed by atoms with Gasteiger partial charge in [-0.05, 0) is 48.7 Å². The molecule has 1 amide bonds. The summed E-state index contributed by atoms with van der Waals surface area (Å²) in [6.45, 7) is 4.58. The number of hydrogen-bond acceptors (Lipinski definition) is 2. The van der Waals surface area contributed by atoms with E-state index in [-0.39, 0.29) is 12.5 Å². The van der Waals surface area contributed by atoms with Gasteiger partial charge in [0.1, 0.15) is 5.75 Å². The third-order valence-electron chi connectivity index (χ3n) is 4.00. The molecule has 0 fully saturated rings. The zero-order valence-electron chi connectivity index (χ0n) is 13.3. The molecule has 3 aromatic rings. The van der Waals surface area contributed by atoms with Crippen molar-refractivity contribution in [2.45, 2.75) is 20.4 Å². The third kappa shape index (κ3) is 3.54. The standard InChI is InChI=1S/C19H20N2O2/c1-13-7-8-16(9-14(13)2)23-12-19(22)21-11-15-10-20-18-6-4-3-5-17(15)18/h3-10,20H,11-12H2,1-2H3,(H,21,22). The van der Waals surface area contributed by atoms with Gasteiger partial charge < -0.3 is 15.0 Å². The Morgan fingerprint density at radius 1 is 1.13 bits per heavy atom. The average Bonchev–Trinajstić information content (AvgIpc) is 2.97. The Balaban J connectivity index is 1.54.